The lowest BCUT2D eigenvalue weighted by atomic mass is 9.97. The summed E-state index contributed by atoms with van der Waals surface area (Å²) in [5, 5.41) is 6.17. The van der Waals surface area contributed by atoms with Crippen LogP contribution in [0.4, 0.5) is 8.78 Å². The summed E-state index contributed by atoms with van der Waals surface area (Å²) >= 11 is 0. The zero-order valence-electron chi connectivity index (χ0n) is 18.4. The first-order valence-corrected chi connectivity index (χ1v) is 11.0. The fraction of sp³-hybridized carbons (Fsp3) is 0.417. The first-order chi connectivity index (χ1) is 15.4. The summed E-state index contributed by atoms with van der Waals surface area (Å²) in [7, 11) is 0. The van der Waals surface area contributed by atoms with Gasteiger partial charge in [0.2, 0.25) is 5.91 Å². The molecular formula is C24H31F2N5O. The highest BCUT2D eigenvalue weighted by atomic mass is 19.1. The van der Waals surface area contributed by atoms with E-state index in [-0.39, 0.29) is 23.9 Å². The van der Waals surface area contributed by atoms with Gasteiger partial charge in [0, 0.05) is 31.7 Å². The highest BCUT2D eigenvalue weighted by Gasteiger charge is 2.23. The third kappa shape index (κ3) is 7.02. The standard InChI is InChI=1S/C24H31F2N5O/c1-2-28-24(30-14-20-12-21(25)8-9-22(20)26)29-13-17-5-3-6-18(11-17)15-31-10-4-7-19(16-31)23(27)32/h3,5-6,8-9,11-12,19H,2,4,7,10,13-16H2,1H3,(H2,27,32)(H2,28,29,30). The molecule has 1 aliphatic rings. The van der Waals surface area contributed by atoms with Crippen molar-refractivity contribution in [3.05, 3.63) is 70.8 Å². The number of halogens is 2. The maximum atomic E-state index is 13.9. The van der Waals surface area contributed by atoms with Crippen LogP contribution in [-0.2, 0) is 24.4 Å². The summed E-state index contributed by atoms with van der Waals surface area (Å²) in [4.78, 5) is 18.4. The summed E-state index contributed by atoms with van der Waals surface area (Å²) in [5.41, 5.74) is 7.93. The predicted octanol–water partition coefficient (Wildman–Crippen LogP) is 2.92. The van der Waals surface area contributed by atoms with Gasteiger partial charge < -0.3 is 16.4 Å². The largest absolute Gasteiger partial charge is 0.369 e. The van der Waals surface area contributed by atoms with Crippen LogP contribution < -0.4 is 16.4 Å². The van der Waals surface area contributed by atoms with Crippen molar-refractivity contribution in [1.82, 2.24) is 15.5 Å². The summed E-state index contributed by atoms with van der Waals surface area (Å²) in [5.74, 6) is -0.703. The molecule has 0 bridgehead atoms. The van der Waals surface area contributed by atoms with E-state index in [2.05, 4.69) is 32.7 Å². The zero-order valence-corrected chi connectivity index (χ0v) is 18.4. The molecule has 172 valence electrons. The summed E-state index contributed by atoms with van der Waals surface area (Å²) in [6.07, 6.45) is 1.83. The van der Waals surface area contributed by atoms with E-state index in [1.165, 1.54) is 6.07 Å². The second-order valence-electron chi connectivity index (χ2n) is 8.08. The molecule has 2 aromatic carbocycles. The van der Waals surface area contributed by atoms with Gasteiger partial charge in [-0.2, -0.15) is 0 Å². The number of rotatable bonds is 8. The topological polar surface area (TPSA) is 82.8 Å². The molecule has 0 saturated carbocycles. The number of guanidine groups is 1. The van der Waals surface area contributed by atoms with Crippen molar-refractivity contribution in [3.63, 3.8) is 0 Å². The molecule has 0 radical (unpaired) electrons. The lowest BCUT2D eigenvalue weighted by Crippen LogP contribution is -2.40. The van der Waals surface area contributed by atoms with Gasteiger partial charge in [0.05, 0.1) is 12.5 Å². The van der Waals surface area contributed by atoms with Crippen molar-refractivity contribution in [2.75, 3.05) is 19.6 Å². The second-order valence-corrected chi connectivity index (χ2v) is 8.08. The molecule has 3 rings (SSSR count). The lowest BCUT2D eigenvalue weighted by molar-refractivity contribution is -0.123. The number of carbonyl (C=O) groups is 1. The van der Waals surface area contributed by atoms with E-state index in [4.69, 9.17) is 5.73 Å². The number of benzene rings is 2. The molecule has 1 fully saturated rings. The fourth-order valence-electron chi connectivity index (χ4n) is 3.89. The fourth-order valence-corrected chi connectivity index (χ4v) is 3.89. The number of piperidine rings is 1. The molecule has 1 aliphatic heterocycles. The minimum absolute atomic E-state index is 0.0757. The molecule has 0 spiro atoms. The minimum atomic E-state index is -0.474. The Morgan fingerprint density at radius 3 is 2.78 bits per heavy atom. The molecular weight excluding hydrogens is 412 g/mol. The highest BCUT2D eigenvalue weighted by Crippen LogP contribution is 2.19. The molecule has 1 atom stereocenters. The molecule has 1 unspecified atom stereocenters. The van der Waals surface area contributed by atoms with Crippen LogP contribution in [0.2, 0.25) is 0 Å². The van der Waals surface area contributed by atoms with Crippen LogP contribution in [-0.4, -0.2) is 36.4 Å². The average Bonchev–Trinajstić information content (AvgIpc) is 2.78. The number of hydrogen-bond donors (Lipinski definition) is 3. The van der Waals surface area contributed by atoms with Crippen LogP contribution in [0.25, 0.3) is 0 Å². The molecule has 1 heterocycles. The molecule has 0 aromatic heterocycles. The zero-order chi connectivity index (χ0) is 22.9. The van der Waals surface area contributed by atoms with E-state index in [1.54, 1.807) is 0 Å². The lowest BCUT2D eigenvalue weighted by Gasteiger charge is -2.31. The Labute approximate surface area is 187 Å². The SMILES string of the molecule is CCNC(=NCc1cccc(CN2CCCC(C(N)=O)C2)c1)NCc1cc(F)ccc1F. The van der Waals surface area contributed by atoms with Crippen LogP contribution in [0.3, 0.4) is 0 Å². The number of primary amides is 1. The number of carbonyl (C=O) groups excluding carboxylic acids is 1. The van der Waals surface area contributed by atoms with Crippen LogP contribution in [0.1, 0.15) is 36.5 Å². The van der Waals surface area contributed by atoms with Crippen molar-refractivity contribution >= 4 is 11.9 Å². The smallest absolute Gasteiger partial charge is 0.221 e. The normalized spacial score (nSPS) is 17.2. The van der Waals surface area contributed by atoms with E-state index in [9.17, 15) is 13.6 Å². The van der Waals surface area contributed by atoms with Crippen molar-refractivity contribution in [3.8, 4) is 0 Å². The monoisotopic (exact) mass is 443 g/mol. The first-order valence-electron chi connectivity index (χ1n) is 11.0. The van der Waals surface area contributed by atoms with E-state index >= 15 is 0 Å². The van der Waals surface area contributed by atoms with Gasteiger partial charge in [-0.3, -0.25) is 9.69 Å². The van der Waals surface area contributed by atoms with Crippen molar-refractivity contribution < 1.29 is 13.6 Å². The molecule has 2 aromatic rings. The average molecular weight is 444 g/mol. The number of amides is 1. The Morgan fingerprint density at radius 1 is 1.19 bits per heavy atom. The number of nitrogens with zero attached hydrogens (tertiary/aromatic N) is 2. The number of likely N-dealkylation sites (tertiary alicyclic amines) is 1. The maximum absolute atomic E-state index is 13.9. The first kappa shape index (κ1) is 23.7. The van der Waals surface area contributed by atoms with E-state index < -0.39 is 11.6 Å². The van der Waals surface area contributed by atoms with Gasteiger partial charge in [-0.25, -0.2) is 13.8 Å². The summed E-state index contributed by atoms with van der Waals surface area (Å²) in [6, 6.07) is 11.6. The number of nitrogens with one attached hydrogen (secondary N) is 2. The van der Waals surface area contributed by atoms with E-state index in [0.717, 1.165) is 49.2 Å². The maximum Gasteiger partial charge on any atom is 0.221 e. The Hall–Kier alpha value is -3.00. The summed E-state index contributed by atoms with van der Waals surface area (Å²) in [6.45, 7) is 5.58. The molecule has 0 aliphatic carbocycles. The third-order valence-corrected chi connectivity index (χ3v) is 5.52. The number of hydrogen-bond acceptors (Lipinski definition) is 3. The van der Waals surface area contributed by atoms with Crippen molar-refractivity contribution in [2.45, 2.75) is 39.4 Å². The van der Waals surface area contributed by atoms with Gasteiger partial charge in [0.15, 0.2) is 5.96 Å². The molecule has 6 nitrogen and oxygen atoms in total. The number of nitrogens with two attached hydrogens (primary N) is 1. The molecule has 4 N–H and O–H groups in total. The van der Waals surface area contributed by atoms with Crippen LogP contribution in [0.15, 0.2) is 47.5 Å². The summed E-state index contributed by atoms with van der Waals surface area (Å²) < 4.78 is 27.3. The van der Waals surface area contributed by atoms with Gasteiger partial charge in [0.25, 0.3) is 0 Å². The van der Waals surface area contributed by atoms with Crippen molar-refractivity contribution in [2.24, 2.45) is 16.6 Å². The van der Waals surface area contributed by atoms with Crippen LogP contribution >= 0.6 is 0 Å². The molecule has 32 heavy (non-hydrogen) atoms. The minimum Gasteiger partial charge on any atom is -0.369 e. The Balaban J connectivity index is 1.60. The van der Waals surface area contributed by atoms with Crippen molar-refractivity contribution in [1.29, 1.82) is 0 Å². The van der Waals surface area contributed by atoms with Gasteiger partial charge in [-0.05, 0) is 55.6 Å². The van der Waals surface area contributed by atoms with Gasteiger partial charge >= 0.3 is 0 Å². The quantitative estimate of drug-likeness (QED) is 0.433. The van der Waals surface area contributed by atoms with E-state index in [1.807, 2.05) is 19.1 Å². The Kier molecular flexibility index (Phi) is 8.56. The number of aliphatic imine (C=N–C) groups is 1. The molecule has 1 saturated heterocycles. The Morgan fingerprint density at radius 2 is 2.00 bits per heavy atom. The third-order valence-electron chi connectivity index (χ3n) is 5.52. The van der Waals surface area contributed by atoms with Gasteiger partial charge in [0.1, 0.15) is 11.6 Å². The molecule has 8 heteroatoms. The van der Waals surface area contributed by atoms with Gasteiger partial charge in [-0.15, -0.1) is 0 Å². The Bertz CT molecular complexity index is 950. The highest BCUT2D eigenvalue weighted by molar-refractivity contribution is 5.79. The van der Waals surface area contributed by atoms with Crippen LogP contribution in [0, 0.1) is 17.6 Å². The predicted molar refractivity (Wildman–Crippen MR) is 122 cm³/mol. The van der Waals surface area contributed by atoms with Crippen LogP contribution in [0.5, 0.6) is 0 Å². The molecule has 1 amide bonds. The van der Waals surface area contributed by atoms with Gasteiger partial charge in [-0.1, -0.05) is 24.3 Å². The van der Waals surface area contributed by atoms with E-state index in [0.29, 0.717) is 25.6 Å². The second kappa shape index (κ2) is 11.6.